The third-order valence-electron chi connectivity index (χ3n) is 10.9. The molecule has 0 saturated carbocycles. The van der Waals surface area contributed by atoms with Crippen molar-refractivity contribution >= 4 is 23.2 Å². The summed E-state index contributed by atoms with van der Waals surface area (Å²) in [5, 5.41) is 14.9. The first kappa shape index (κ1) is 36.8. The molecule has 10 nitrogen and oxygen atoms in total. The number of anilines is 1. The maximum Gasteiger partial charge on any atom is 0.234 e. The molecule has 0 radical (unpaired) electrons. The van der Waals surface area contributed by atoms with Gasteiger partial charge in [-0.15, -0.1) is 0 Å². The number of hydrogen-bond donors (Lipinski definition) is 3. The van der Waals surface area contributed by atoms with Gasteiger partial charge in [-0.3, -0.25) is 19.9 Å². The Morgan fingerprint density at radius 1 is 0.827 bits per heavy atom. The van der Waals surface area contributed by atoms with Gasteiger partial charge in [-0.2, -0.15) is 0 Å². The topological polar surface area (TPSA) is 118 Å². The van der Waals surface area contributed by atoms with E-state index in [1.807, 2.05) is 32.0 Å². The number of rotatable bonds is 13. The number of aryl methyl sites for hydroxylation is 2. The number of amides is 1. The first-order chi connectivity index (χ1) is 25.2. The van der Waals surface area contributed by atoms with E-state index in [0.717, 1.165) is 80.9 Å². The predicted molar refractivity (Wildman–Crippen MR) is 207 cm³/mol. The molecular weight excluding hydrogens is 649 g/mol. The van der Waals surface area contributed by atoms with Crippen molar-refractivity contribution in [2.24, 2.45) is 0 Å². The monoisotopic (exact) mass is 700 g/mol. The molecule has 2 aliphatic rings. The number of benzene rings is 3. The lowest BCUT2D eigenvalue weighted by Gasteiger charge is -2.51. The molecule has 4 aromatic rings. The van der Waals surface area contributed by atoms with Gasteiger partial charge in [-0.1, -0.05) is 72.8 Å². The van der Waals surface area contributed by atoms with Crippen LogP contribution in [0.25, 0.3) is 0 Å². The molecule has 0 atom stereocenters. The second kappa shape index (κ2) is 17.1. The molecule has 0 bridgehead atoms. The minimum absolute atomic E-state index is 0.0349. The van der Waals surface area contributed by atoms with Gasteiger partial charge in [0.15, 0.2) is 5.78 Å². The fraction of sp³-hybridized carbons (Fsp3) is 0.405. The number of carbonyl (C=O) groups is 2. The quantitative estimate of drug-likeness (QED) is 0.0947. The Kier molecular flexibility index (Phi) is 12.1. The average molecular weight is 701 g/mol. The van der Waals surface area contributed by atoms with Crippen LogP contribution in [0.4, 0.5) is 5.69 Å². The zero-order valence-corrected chi connectivity index (χ0v) is 30.8. The van der Waals surface area contributed by atoms with Crippen molar-refractivity contribution in [3.05, 3.63) is 125 Å². The molecule has 0 spiro atoms. The Bertz CT molecular complexity index is 1780. The van der Waals surface area contributed by atoms with Gasteiger partial charge in [0.1, 0.15) is 12.2 Å². The molecule has 3 aromatic carbocycles. The van der Waals surface area contributed by atoms with Gasteiger partial charge >= 0.3 is 0 Å². The lowest BCUT2D eigenvalue weighted by Crippen LogP contribution is -2.58. The Labute approximate surface area is 308 Å². The summed E-state index contributed by atoms with van der Waals surface area (Å²) in [7, 11) is 0. The second-order valence-corrected chi connectivity index (χ2v) is 14.4. The number of nitrogens with zero attached hydrogens (tertiary/aromatic N) is 5. The molecule has 0 aliphatic carbocycles. The molecule has 2 saturated heterocycles. The molecule has 3 heterocycles. The third-order valence-corrected chi connectivity index (χ3v) is 10.9. The van der Waals surface area contributed by atoms with Gasteiger partial charge < -0.3 is 20.4 Å². The van der Waals surface area contributed by atoms with Gasteiger partial charge in [0.2, 0.25) is 5.91 Å². The number of nitrogens with one attached hydrogen (secondary N) is 3. The molecule has 272 valence electrons. The third kappa shape index (κ3) is 9.10. The van der Waals surface area contributed by atoms with Crippen LogP contribution < -0.4 is 15.5 Å². The minimum Gasteiger partial charge on any atom is -0.364 e. The van der Waals surface area contributed by atoms with Gasteiger partial charge in [0.05, 0.1) is 30.0 Å². The molecule has 1 aromatic heterocycles. The number of ketones is 1. The van der Waals surface area contributed by atoms with Gasteiger partial charge in [-0.25, -0.2) is 9.97 Å². The highest BCUT2D eigenvalue weighted by molar-refractivity contribution is 5.98. The van der Waals surface area contributed by atoms with Crippen LogP contribution in [-0.2, 0) is 17.9 Å². The van der Waals surface area contributed by atoms with Crippen LogP contribution in [0, 0.1) is 19.3 Å². The molecule has 2 aliphatic heterocycles. The normalized spacial score (nSPS) is 16.3. The van der Waals surface area contributed by atoms with Crippen LogP contribution in [0.1, 0.15) is 71.0 Å². The summed E-state index contributed by atoms with van der Waals surface area (Å²) in [6, 6.07) is 28.8. The summed E-state index contributed by atoms with van der Waals surface area (Å²) in [4.78, 5) is 41.0. The van der Waals surface area contributed by atoms with Crippen molar-refractivity contribution in [3.8, 4) is 0 Å². The molecule has 0 unspecified atom stereocenters. The van der Waals surface area contributed by atoms with Crippen LogP contribution in [0.3, 0.4) is 0 Å². The Hall–Kier alpha value is -4.93. The van der Waals surface area contributed by atoms with E-state index in [4.69, 9.17) is 5.41 Å². The lowest BCUT2D eigenvalue weighted by atomic mass is 9.85. The van der Waals surface area contributed by atoms with E-state index in [0.29, 0.717) is 24.0 Å². The number of hydrogen-bond acceptors (Lipinski definition) is 8. The van der Waals surface area contributed by atoms with Gasteiger partial charge in [0.25, 0.3) is 0 Å². The zero-order valence-electron chi connectivity index (χ0n) is 30.8. The summed E-state index contributed by atoms with van der Waals surface area (Å²) in [6.07, 6.45) is 5.80. The average Bonchev–Trinajstić information content (AvgIpc) is 3.17. The largest absolute Gasteiger partial charge is 0.364 e. The summed E-state index contributed by atoms with van der Waals surface area (Å²) in [5.74, 6) is 0.369. The smallest absolute Gasteiger partial charge is 0.234 e. The highest BCUT2D eigenvalue weighted by Gasteiger charge is 2.39. The highest BCUT2D eigenvalue weighted by Crippen LogP contribution is 2.34. The van der Waals surface area contributed by atoms with Crippen molar-refractivity contribution in [1.29, 1.82) is 5.41 Å². The van der Waals surface area contributed by atoms with E-state index in [-0.39, 0.29) is 30.3 Å². The Morgan fingerprint density at radius 2 is 1.44 bits per heavy atom. The summed E-state index contributed by atoms with van der Waals surface area (Å²) in [5.41, 5.74) is 6.86. The molecule has 6 rings (SSSR count). The van der Waals surface area contributed by atoms with E-state index >= 15 is 0 Å². The van der Waals surface area contributed by atoms with Crippen LogP contribution in [0.2, 0.25) is 0 Å². The highest BCUT2D eigenvalue weighted by atomic mass is 16.2. The van der Waals surface area contributed by atoms with E-state index < -0.39 is 0 Å². The molecule has 10 heteroatoms. The van der Waals surface area contributed by atoms with Crippen molar-refractivity contribution in [3.63, 3.8) is 0 Å². The van der Waals surface area contributed by atoms with E-state index in [1.54, 1.807) is 18.5 Å². The van der Waals surface area contributed by atoms with Crippen LogP contribution in [-0.4, -0.2) is 88.1 Å². The Balaban J connectivity index is 1.02. The first-order valence-corrected chi connectivity index (χ1v) is 18.5. The lowest BCUT2D eigenvalue weighted by molar-refractivity contribution is -0.120. The summed E-state index contributed by atoms with van der Waals surface area (Å²) < 4.78 is 0. The maximum absolute atomic E-state index is 12.5. The molecule has 1 amide bonds. The number of piperidine rings is 2. The van der Waals surface area contributed by atoms with E-state index in [2.05, 4.69) is 96.8 Å². The minimum atomic E-state index is -0.143. The Morgan fingerprint density at radius 3 is 2.08 bits per heavy atom. The SMILES string of the molecule is Cc1ncnc(C)c1C(=N)N1CCC(C)(N2CCC(N(Cc3ccccc3)c3ccc(CNC(=O)CNCC(=O)c4ccccc4)cc3)CC2)CC1. The van der Waals surface area contributed by atoms with Gasteiger partial charge in [-0.05, 0) is 69.7 Å². The van der Waals surface area contributed by atoms with Gasteiger partial charge in [0, 0.05) is 62.1 Å². The maximum atomic E-state index is 12.5. The predicted octanol–water partition coefficient (Wildman–Crippen LogP) is 5.53. The second-order valence-electron chi connectivity index (χ2n) is 14.4. The number of carbonyl (C=O) groups excluding carboxylic acids is 2. The molecule has 52 heavy (non-hydrogen) atoms. The van der Waals surface area contributed by atoms with Crippen LogP contribution in [0.15, 0.2) is 91.3 Å². The molecule has 2 fully saturated rings. The standard InChI is InChI=1S/C42H52N8O2/c1-31-40(32(2)47-30-46-31)41(43)48-24-20-42(3,21-25-48)49-22-18-37(19-23-49)50(29-34-10-6-4-7-11-34)36-16-14-33(15-17-36)26-45-39(52)28-44-27-38(51)35-12-8-5-9-13-35/h4-17,30,37,43-44H,18-29H2,1-3H3,(H,45,52). The molecule has 3 N–H and O–H groups in total. The van der Waals surface area contributed by atoms with E-state index in [9.17, 15) is 9.59 Å². The van der Waals surface area contributed by atoms with E-state index in [1.165, 1.54) is 11.3 Å². The van der Waals surface area contributed by atoms with Crippen molar-refractivity contribution in [2.45, 2.75) is 71.1 Å². The van der Waals surface area contributed by atoms with Crippen LogP contribution in [0.5, 0.6) is 0 Å². The fourth-order valence-corrected chi connectivity index (χ4v) is 7.63. The number of aromatic nitrogens is 2. The zero-order chi connectivity index (χ0) is 36.5. The van der Waals surface area contributed by atoms with Crippen molar-refractivity contribution < 1.29 is 9.59 Å². The number of Topliss-reactive ketones (excluding diaryl/α,β-unsaturated/α-hetero) is 1. The fourth-order valence-electron chi connectivity index (χ4n) is 7.63. The molecular formula is C42H52N8O2. The summed E-state index contributed by atoms with van der Waals surface area (Å²) in [6.45, 7) is 11.6. The first-order valence-electron chi connectivity index (χ1n) is 18.5. The van der Waals surface area contributed by atoms with Crippen LogP contribution >= 0.6 is 0 Å². The number of likely N-dealkylation sites (tertiary alicyclic amines) is 2. The van der Waals surface area contributed by atoms with Crippen molar-refractivity contribution in [2.75, 3.05) is 44.2 Å². The number of amidine groups is 1. The summed E-state index contributed by atoms with van der Waals surface area (Å²) >= 11 is 0. The van der Waals surface area contributed by atoms with Crippen molar-refractivity contribution in [1.82, 2.24) is 30.4 Å².